The lowest BCUT2D eigenvalue weighted by Crippen LogP contribution is -2.42. The summed E-state index contributed by atoms with van der Waals surface area (Å²) in [5.41, 5.74) is 5.75. The van der Waals surface area contributed by atoms with Crippen LogP contribution in [0.15, 0.2) is 0 Å². The minimum absolute atomic E-state index is 0.115. The fraction of sp³-hybridized carbons (Fsp3) is 0.882. The van der Waals surface area contributed by atoms with E-state index < -0.39 is 0 Å². The van der Waals surface area contributed by atoms with Gasteiger partial charge in [0, 0.05) is 51.7 Å². The van der Waals surface area contributed by atoms with Gasteiger partial charge in [-0.1, -0.05) is 0 Å². The molecule has 0 bridgehead atoms. The van der Waals surface area contributed by atoms with Crippen LogP contribution in [0.3, 0.4) is 0 Å². The van der Waals surface area contributed by atoms with Crippen LogP contribution in [0, 0.1) is 11.8 Å². The molecule has 0 saturated carbocycles. The van der Waals surface area contributed by atoms with E-state index in [-0.39, 0.29) is 23.8 Å². The quantitative estimate of drug-likeness (QED) is 0.722. The summed E-state index contributed by atoms with van der Waals surface area (Å²) in [7, 11) is 0. The Hall–Kier alpha value is -1.18. The Labute approximate surface area is 144 Å². The molecule has 3 aliphatic rings. The third-order valence-corrected chi connectivity index (χ3v) is 5.63. The number of nitrogens with zero attached hydrogens (tertiary/aromatic N) is 3. The van der Waals surface area contributed by atoms with E-state index in [9.17, 15) is 9.59 Å². The van der Waals surface area contributed by atoms with Crippen molar-refractivity contribution in [1.82, 2.24) is 14.7 Å². The van der Waals surface area contributed by atoms with Crippen molar-refractivity contribution in [3.63, 3.8) is 0 Å². The minimum Gasteiger partial charge on any atom is -0.379 e. The van der Waals surface area contributed by atoms with Crippen molar-refractivity contribution in [2.45, 2.75) is 25.8 Å². The minimum atomic E-state index is -0.179. The van der Waals surface area contributed by atoms with Gasteiger partial charge in [0.2, 0.25) is 11.8 Å². The first-order chi connectivity index (χ1) is 11.6. The van der Waals surface area contributed by atoms with E-state index in [1.54, 1.807) is 0 Å². The first-order valence-corrected chi connectivity index (χ1v) is 9.17. The van der Waals surface area contributed by atoms with Gasteiger partial charge in [-0.05, 0) is 25.8 Å². The molecule has 3 unspecified atom stereocenters. The van der Waals surface area contributed by atoms with Gasteiger partial charge in [0.05, 0.1) is 19.1 Å². The van der Waals surface area contributed by atoms with E-state index in [0.29, 0.717) is 32.0 Å². The zero-order chi connectivity index (χ0) is 17.1. The summed E-state index contributed by atoms with van der Waals surface area (Å²) in [6, 6.07) is 0.239. The van der Waals surface area contributed by atoms with Crippen molar-refractivity contribution in [2.75, 3.05) is 59.0 Å². The number of likely N-dealkylation sites (tertiary alicyclic amines) is 2. The van der Waals surface area contributed by atoms with Crippen LogP contribution in [0.1, 0.15) is 19.8 Å². The summed E-state index contributed by atoms with van der Waals surface area (Å²) < 4.78 is 5.34. The molecule has 2 N–H and O–H groups in total. The number of amides is 2. The predicted molar refractivity (Wildman–Crippen MR) is 90.3 cm³/mol. The molecule has 3 aliphatic heterocycles. The van der Waals surface area contributed by atoms with E-state index in [1.165, 1.54) is 0 Å². The average Bonchev–Trinajstić information content (AvgIpc) is 3.16. The van der Waals surface area contributed by atoms with Crippen LogP contribution in [0.5, 0.6) is 0 Å². The number of nitrogens with two attached hydrogens (primary N) is 1. The average molecular weight is 338 g/mol. The van der Waals surface area contributed by atoms with Gasteiger partial charge in [0.1, 0.15) is 0 Å². The number of rotatable bonds is 5. The highest BCUT2D eigenvalue weighted by Gasteiger charge is 2.40. The van der Waals surface area contributed by atoms with Crippen molar-refractivity contribution in [3.05, 3.63) is 0 Å². The topological polar surface area (TPSA) is 79.1 Å². The Morgan fingerprint density at radius 1 is 1.25 bits per heavy atom. The number of morpholine rings is 1. The molecule has 3 fully saturated rings. The number of carbonyl (C=O) groups excluding carboxylic acids is 2. The van der Waals surface area contributed by atoms with Crippen molar-refractivity contribution in [1.29, 1.82) is 0 Å². The maximum Gasteiger partial charge on any atom is 0.228 e. The maximum atomic E-state index is 12.8. The Morgan fingerprint density at radius 2 is 2.00 bits per heavy atom. The lowest BCUT2D eigenvalue weighted by Gasteiger charge is -2.29. The molecule has 0 aromatic rings. The molecule has 0 radical (unpaired) electrons. The van der Waals surface area contributed by atoms with Gasteiger partial charge < -0.3 is 20.3 Å². The molecule has 0 spiro atoms. The largest absolute Gasteiger partial charge is 0.379 e. The molecule has 3 rings (SSSR count). The van der Waals surface area contributed by atoms with Gasteiger partial charge in [-0.2, -0.15) is 0 Å². The summed E-state index contributed by atoms with van der Waals surface area (Å²) in [5, 5.41) is 0. The van der Waals surface area contributed by atoms with Gasteiger partial charge >= 0.3 is 0 Å². The first-order valence-electron chi connectivity index (χ1n) is 9.17. The van der Waals surface area contributed by atoms with Gasteiger partial charge in [0.25, 0.3) is 0 Å². The molecular weight excluding hydrogens is 308 g/mol. The van der Waals surface area contributed by atoms with E-state index in [4.69, 9.17) is 10.5 Å². The van der Waals surface area contributed by atoms with Crippen LogP contribution < -0.4 is 5.73 Å². The molecular formula is C17H30N4O3. The highest BCUT2D eigenvalue weighted by molar-refractivity contribution is 5.89. The third kappa shape index (κ3) is 3.90. The number of hydrogen-bond acceptors (Lipinski definition) is 5. The summed E-state index contributed by atoms with van der Waals surface area (Å²) in [6.45, 7) is 8.99. The molecule has 0 aromatic heterocycles. The van der Waals surface area contributed by atoms with Crippen LogP contribution >= 0.6 is 0 Å². The Kier molecular flexibility index (Phi) is 5.73. The Balaban J connectivity index is 1.49. The Bertz CT molecular complexity index is 467. The number of hydrogen-bond donors (Lipinski definition) is 1. The highest BCUT2D eigenvalue weighted by atomic mass is 16.5. The van der Waals surface area contributed by atoms with E-state index >= 15 is 0 Å². The lowest BCUT2D eigenvalue weighted by atomic mass is 10.1. The van der Waals surface area contributed by atoms with E-state index in [1.807, 2.05) is 9.80 Å². The van der Waals surface area contributed by atoms with E-state index in [0.717, 1.165) is 45.8 Å². The van der Waals surface area contributed by atoms with Crippen molar-refractivity contribution < 1.29 is 14.3 Å². The van der Waals surface area contributed by atoms with E-state index in [2.05, 4.69) is 11.8 Å². The maximum absolute atomic E-state index is 12.8. The molecule has 2 amide bonds. The molecule has 3 saturated heterocycles. The fourth-order valence-corrected chi connectivity index (χ4v) is 4.10. The predicted octanol–water partition coefficient (Wildman–Crippen LogP) is -0.637. The van der Waals surface area contributed by atoms with Crippen molar-refractivity contribution in [2.24, 2.45) is 17.6 Å². The number of carbonyl (C=O) groups is 2. The normalized spacial score (nSPS) is 31.9. The number of ether oxygens (including phenoxy) is 1. The molecule has 7 nitrogen and oxygen atoms in total. The van der Waals surface area contributed by atoms with Gasteiger partial charge in [-0.3, -0.25) is 14.5 Å². The van der Waals surface area contributed by atoms with Crippen LogP contribution in [0.2, 0.25) is 0 Å². The van der Waals surface area contributed by atoms with Gasteiger partial charge in [0.15, 0.2) is 0 Å². The SMILES string of the molecule is CC1CC(CN)CN1C(=O)C1CC(=O)N(CCN2CCOCC2)C1. The first kappa shape index (κ1) is 17.6. The van der Waals surface area contributed by atoms with Crippen LogP contribution in [0.4, 0.5) is 0 Å². The molecule has 3 heterocycles. The Morgan fingerprint density at radius 3 is 2.67 bits per heavy atom. The summed E-state index contributed by atoms with van der Waals surface area (Å²) >= 11 is 0. The monoisotopic (exact) mass is 338 g/mol. The summed E-state index contributed by atoms with van der Waals surface area (Å²) in [6.07, 6.45) is 1.34. The molecule has 7 heteroatoms. The lowest BCUT2D eigenvalue weighted by molar-refractivity contribution is -0.136. The zero-order valence-corrected chi connectivity index (χ0v) is 14.7. The second-order valence-corrected chi connectivity index (χ2v) is 7.37. The standard InChI is InChI=1S/C17H30N4O3/c1-13-8-14(10-18)11-21(13)17(23)15-9-16(22)20(12-15)3-2-19-4-6-24-7-5-19/h13-15H,2-12,18H2,1H3. The molecule has 0 aliphatic carbocycles. The molecule has 136 valence electrons. The molecule has 0 aromatic carbocycles. The zero-order valence-electron chi connectivity index (χ0n) is 14.7. The smallest absolute Gasteiger partial charge is 0.228 e. The third-order valence-electron chi connectivity index (χ3n) is 5.63. The van der Waals surface area contributed by atoms with Gasteiger partial charge in [-0.15, -0.1) is 0 Å². The van der Waals surface area contributed by atoms with Crippen molar-refractivity contribution in [3.8, 4) is 0 Å². The summed E-state index contributed by atoms with van der Waals surface area (Å²) in [4.78, 5) is 31.2. The van der Waals surface area contributed by atoms with Crippen molar-refractivity contribution >= 4 is 11.8 Å². The summed E-state index contributed by atoms with van der Waals surface area (Å²) in [5.74, 6) is 0.476. The van der Waals surface area contributed by atoms with Crippen LogP contribution in [-0.4, -0.2) is 91.6 Å². The van der Waals surface area contributed by atoms with Gasteiger partial charge in [-0.25, -0.2) is 0 Å². The van der Waals surface area contributed by atoms with Crippen LogP contribution in [0.25, 0.3) is 0 Å². The second-order valence-electron chi connectivity index (χ2n) is 7.37. The molecule has 24 heavy (non-hydrogen) atoms. The molecule has 3 atom stereocenters. The highest BCUT2D eigenvalue weighted by Crippen LogP contribution is 2.27. The second kappa shape index (κ2) is 7.80. The van der Waals surface area contributed by atoms with Crippen LogP contribution in [-0.2, 0) is 14.3 Å². The fourth-order valence-electron chi connectivity index (χ4n) is 4.10.